The van der Waals surface area contributed by atoms with Gasteiger partial charge < -0.3 is 25.0 Å². The highest BCUT2D eigenvalue weighted by Crippen LogP contribution is 2.33. The molecule has 0 aromatic heterocycles. The normalized spacial score (nSPS) is 11.6. The monoisotopic (exact) mass is 449 g/mol. The second-order valence-electron chi connectivity index (χ2n) is 7.75. The zero-order valence-corrected chi connectivity index (χ0v) is 18.7. The first kappa shape index (κ1) is 24.3. The highest BCUT2D eigenvalue weighted by molar-refractivity contribution is 5.98. The third-order valence-electron chi connectivity index (χ3n) is 5.20. The number of carbonyl (C=O) groups is 1. The van der Waals surface area contributed by atoms with Crippen LogP contribution in [-0.2, 0) is 13.2 Å². The lowest BCUT2D eigenvalue weighted by Gasteiger charge is -2.19. The second kappa shape index (κ2) is 13.3. The summed E-state index contributed by atoms with van der Waals surface area (Å²) in [4.78, 5) is 13.1. The predicted octanol–water partition coefficient (Wildman–Crippen LogP) is 4.10. The third-order valence-corrected chi connectivity index (χ3v) is 5.20. The van der Waals surface area contributed by atoms with Gasteiger partial charge in [0.25, 0.3) is 5.91 Å². The van der Waals surface area contributed by atoms with E-state index in [0.717, 1.165) is 11.1 Å². The largest absolute Gasteiger partial charge is 0.485 e. The van der Waals surface area contributed by atoms with Gasteiger partial charge in [0.2, 0.25) is 0 Å². The topological polar surface area (TPSA) is 88.0 Å². The van der Waals surface area contributed by atoms with E-state index >= 15 is 0 Å². The van der Waals surface area contributed by atoms with Crippen molar-refractivity contribution in [2.45, 2.75) is 38.5 Å². The van der Waals surface area contributed by atoms with Gasteiger partial charge in [0.15, 0.2) is 11.5 Å². The molecule has 1 amide bonds. The van der Waals surface area contributed by atoms with Crippen LogP contribution in [0.1, 0.15) is 40.7 Å². The van der Waals surface area contributed by atoms with E-state index in [-0.39, 0.29) is 25.7 Å². The molecule has 0 saturated heterocycles. The van der Waals surface area contributed by atoms with E-state index < -0.39 is 6.04 Å². The molecule has 0 aliphatic carbocycles. The van der Waals surface area contributed by atoms with E-state index in [1.54, 1.807) is 18.2 Å². The van der Waals surface area contributed by atoms with Crippen molar-refractivity contribution >= 4 is 5.91 Å². The summed E-state index contributed by atoms with van der Waals surface area (Å²) in [5.41, 5.74) is 2.32. The van der Waals surface area contributed by atoms with Crippen LogP contribution in [0.5, 0.6) is 11.5 Å². The number of nitrogens with one attached hydrogen (secondary N) is 1. The van der Waals surface area contributed by atoms with E-state index in [4.69, 9.17) is 14.6 Å². The van der Waals surface area contributed by atoms with Gasteiger partial charge in [-0.15, -0.1) is 0 Å². The maximum Gasteiger partial charge on any atom is 0.255 e. The molecule has 0 heterocycles. The lowest BCUT2D eigenvalue weighted by atomic mass is 10.1. The Bertz CT molecular complexity index is 978. The summed E-state index contributed by atoms with van der Waals surface area (Å²) in [5, 5.41) is 21.5. The molecule has 0 saturated carbocycles. The van der Waals surface area contributed by atoms with Crippen LogP contribution in [0.2, 0.25) is 0 Å². The smallest absolute Gasteiger partial charge is 0.255 e. The number of aliphatic hydroxyl groups excluding tert-OH is 2. The minimum atomic E-state index is -0.403. The average molecular weight is 450 g/mol. The Labute approximate surface area is 194 Å². The number of para-hydroxylation sites is 1. The van der Waals surface area contributed by atoms with Crippen molar-refractivity contribution < 1.29 is 24.5 Å². The molecule has 33 heavy (non-hydrogen) atoms. The molecule has 174 valence electrons. The minimum absolute atomic E-state index is 0.0877. The summed E-state index contributed by atoms with van der Waals surface area (Å²) in [6, 6.07) is 24.3. The fourth-order valence-electron chi connectivity index (χ4n) is 3.40. The molecule has 3 N–H and O–H groups in total. The standard InChI is InChI=1S/C27H31NO5/c29-17-8-7-14-23(18-30)28-27(31)24-15-9-16-25(32-19-21-10-3-1-4-11-21)26(24)33-20-22-12-5-2-6-13-22/h1-6,9-13,15-16,23,29-30H,7-8,14,17-20H2,(H,28,31)/t23-/m1/s1. The summed E-state index contributed by atoms with van der Waals surface area (Å²) in [6.07, 6.45) is 1.91. The quantitative estimate of drug-likeness (QED) is 0.342. The van der Waals surface area contributed by atoms with E-state index in [9.17, 15) is 9.90 Å². The van der Waals surface area contributed by atoms with E-state index in [1.165, 1.54) is 0 Å². The van der Waals surface area contributed by atoms with Crippen LogP contribution in [0.3, 0.4) is 0 Å². The van der Waals surface area contributed by atoms with Gasteiger partial charge in [0, 0.05) is 6.61 Å². The Morgan fingerprint density at radius 1 is 0.788 bits per heavy atom. The van der Waals surface area contributed by atoms with Crippen molar-refractivity contribution in [2.75, 3.05) is 13.2 Å². The van der Waals surface area contributed by atoms with Crippen molar-refractivity contribution in [1.29, 1.82) is 0 Å². The van der Waals surface area contributed by atoms with Crippen molar-refractivity contribution in [3.63, 3.8) is 0 Å². The van der Waals surface area contributed by atoms with Gasteiger partial charge in [0.05, 0.1) is 18.2 Å². The number of rotatable bonds is 13. The van der Waals surface area contributed by atoms with Gasteiger partial charge >= 0.3 is 0 Å². The lowest BCUT2D eigenvalue weighted by molar-refractivity contribution is 0.0906. The van der Waals surface area contributed by atoms with Crippen LogP contribution in [0, 0.1) is 0 Å². The molecule has 0 fully saturated rings. The molecule has 0 aliphatic heterocycles. The summed E-state index contributed by atoms with van der Waals surface area (Å²) in [6.45, 7) is 0.534. The Kier molecular flexibility index (Phi) is 9.76. The van der Waals surface area contributed by atoms with Crippen LogP contribution >= 0.6 is 0 Å². The zero-order chi connectivity index (χ0) is 23.3. The highest BCUT2D eigenvalue weighted by Gasteiger charge is 2.20. The van der Waals surface area contributed by atoms with E-state index in [1.807, 2.05) is 60.7 Å². The molecule has 0 bridgehead atoms. The summed E-state index contributed by atoms with van der Waals surface area (Å²) < 4.78 is 12.1. The molecule has 3 aromatic carbocycles. The van der Waals surface area contributed by atoms with Crippen LogP contribution in [0.4, 0.5) is 0 Å². The average Bonchev–Trinajstić information content (AvgIpc) is 2.87. The first-order chi connectivity index (χ1) is 16.2. The highest BCUT2D eigenvalue weighted by atomic mass is 16.5. The van der Waals surface area contributed by atoms with Gasteiger partial charge in [0.1, 0.15) is 13.2 Å². The predicted molar refractivity (Wildman–Crippen MR) is 127 cm³/mol. The van der Waals surface area contributed by atoms with Crippen LogP contribution in [-0.4, -0.2) is 35.4 Å². The van der Waals surface area contributed by atoms with E-state index in [0.29, 0.717) is 42.9 Å². The molecular formula is C27H31NO5. The molecule has 1 atom stereocenters. The van der Waals surface area contributed by atoms with E-state index in [2.05, 4.69) is 5.32 Å². The maximum absolute atomic E-state index is 13.1. The molecule has 6 heteroatoms. The zero-order valence-electron chi connectivity index (χ0n) is 18.7. The lowest BCUT2D eigenvalue weighted by Crippen LogP contribution is -2.37. The number of benzene rings is 3. The Balaban J connectivity index is 1.80. The summed E-state index contributed by atoms with van der Waals surface area (Å²) >= 11 is 0. The van der Waals surface area contributed by atoms with Crippen molar-refractivity contribution in [1.82, 2.24) is 5.32 Å². The molecule has 3 rings (SSSR count). The van der Waals surface area contributed by atoms with Gasteiger partial charge in [-0.05, 0) is 42.5 Å². The van der Waals surface area contributed by atoms with Crippen LogP contribution < -0.4 is 14.8 Å². The molecule has 0 radical (unpaired) electrons. The summed E-state index contributed by atoms with van der Waals surface area (Å²) in [5.74, 6) is 0.497. The van der Waals surface area contributed by atoms with Crippen molar-refractivity contribution in [3.8, 4) is 11.5 Å². The van der Waals surface area contributed by atoms with Crippen LogP contribution in [0.15, 0.2) is 78.9 Å². The maximum atomic E-state index is 13.1. The number of hydrogen-bond donors (Lipinski definition) is 3. The van der Waals surface area contributed by atoms with Gasteiger partial charge in [-0.1, -0.05) is 66.7 Å². The molecule has 3 aromatic rings. The molecule has 0 unspecified atom stereocenters. The number of hydrogen-bond acceptors (Lipinski definition) is 5. The number of amides is 1. The Morgan fingerprint density at radius 3 is 2.03 bits per heavy atom. The first-order valence-electron chi connectivity index (χ1n) is 11.2. The third kappa shape index (κ3) is 7.63. The molecule has 0 aliphatic rings. The number of unbranched alkanes of at least 4 members (excludes halogenated alkanes) is 1. The van der Waals surface area contributed by atoms with Gasteiger partial charge in [-0.25, -0.2) is 0 Å². The summed E-state index contributed by atoms with van der Waals surface area (Å²) in [7, 11) is 0. The van der Waals surface area contributed by atoms with Crippen molar-refractivity contribution in [3.05, 3.63) is 95.6 Å². The Hall–Kier alpha value is -3.35. The number of ether oxygens (including phenoxy) is 2. The number of aliphatic hydroxyl groups is 2. The van der Waals surface area contributed by atoms with Crippen LogP contribution in [0.25, 0.3) is 0 Å². The number of carbonyl (C=O) groups excluding carboxylic acids is 1. The van der Waals surface area contributed by atoms with Crippen molar-refractivity contribution in [2.24, 2.45) is 0 Å². The molecular weight excluding hydrogens is 418 g/mol. The second-order valence-corrected chi connectivity index (χ2v) is 7.75. The fourth-order valence-corrected chi connectivity index (χ4v) is 3.40. The minimum Gasteiger partial charge on any atom is -0.485 e. The molecule has 6 nitrogen and oxygen atoms in total. The fraction of sp³-hybridized carbons (Fsp3) is 0.296. The Morgan fingerprint density at radius 2 is 1.42 bits per heavy atom. The van der Waals surface area contributed by atoms with Gasteiger partial charge in [-0.3, -0.25) is 4.79 Å². The SMILES string of the molecule is O=C(N[C@@H](CO)CCCCO)c1cccc(OCc2ccccc2)c1OCc1ccccc1. The van der Waals surface area contributed by atoms with Gasteiger partial charge in [-0.2, -0.15) is 0 Å². The first-order valence-corrected chi connectivity index (χ1v) is 11.2. The molecule has 0 spiro atoms.